The van der Waals surface area contributed by atoms with Gasteiger partial charge in [0.15, 0.2) is 5.72 Å². The van der Waals surface area contributed by atoms with E-state index in [0.29, 0.717) is 0 Å². The summed E-state index contributed by atoms with van der Waals surface area (Å²) in [5.74, 6) is 0. The highest BCUT2D eigenvalue weighted by Gasteiger charge is 2.53. The van der Waals surface area contributed by atoms with Crippen LogP contribution >= 0.6 is 0 Å². The maximum atomic E-state index is 12.4. The summed E-state index contributed by atoms with van der Waals surface area (Å²) in [5, 5.41) is 3.57. The lowest BCUT2D eigenvalue weighted by atomic mass is 9.89. The smallest absolute Gasteiger partial charge is 0.397 e. The van der Waals surface area contributed by atoms with Gasteiger partial charge < -0.3 is 9.31 Å². The van der Waals surface area contributed by atoms with E-state index in [4.69, 9.17) is 9.31 Å². The summed E-state index contributed by atoms with van der Waals surface area (Å²) >= 11 is 0. The summed E-state index contributed by atoms with van der Waals surface area (Å²) < 4.78 is 49.3. The fraction of sp³-hybridized carbons (Fsp3) is 0.800. The van der Waals surface area contributed by atoms with E-state index in [1.54, 1.807) is 0 Å². The van der Waals surface area contributed by atoms with Crippen molar-refractivity contribution in [2.75, 3.05) is 0 Å². The first-order valence-electron chi connectivity index (χ1n) is 5.82. The van der Waals surface area contributed by atoms with Gasteiger partial charge >= 0.3 is 13.3 Å². The quantitative estimate of drug-likeness (QED) is 0.761. The maximum absolute atomic E-state index is 12.4. The Kier molecular flexibility index (Phi) is 3.17. The zero-order chi connectivity index (χ0) is 14.5. The van der Waals surface area contributed by atoms with E-state index in [1.165, 1.54) is 0 Å². The average Bonchev–Trinajstić information content (AvgIpc) is 2.67. The van der Waals surface area contributed by atoms with Crippen molar-refractivity contribution < 1.29 is 22.5 Å². The maximum Gasteiger partial charge on any atom is 0.534 e. The van der Waals surface area contributed by atoms with Gasteiger partial charge in [-0.15, -0.1) is 0 Å². The number of aromatic nitrogens is 3. The van der Waals surface area contributed by atoms with E-state index in [-0.39, 0.29) is 5.72 Å². The lowest BCUT2D eigenvalue weighted by Gasteiger charge is -2.32. The van der Waals surface area contributed by atoms with Crippen molar-refractivity contribution in [1.82, 2.24) is 14.8 Å². The van der Waals surface area contributed by atoms with E-state index < -0.39 is 31.0 Å². The summed E-state index contributed by atoms with van der Waals surface area (Å²) in [6, 6.07) is 0. The van der Waals surface area contributed by atoms with Gasteiger partial charge in [0, 0.05) is 0 Å². The van der Waals surface area contributed by atoms with Gasteiger partial charge in [0.2, 0.25) is 0 Å². The number of hydrogen-bond donors (Lipinski definition) is 0. The van der Waals surface area contributed by atoms with Crippen LogP contribution in [0.2, 0.25) is 0 Å². The van der Waals surface area contributed by atoms with Crippen molar-refractivity contribution in [3.05, 3.63) is 6.33 Å². The van der Waals surface area contributed by atoms with Crippen LogP contribution in [-0.2, 0) is 15.9 Å². The molecule has 1 aromatic heterocycles. The van der Waals surface area contributed by atoms with Crippen LogP contribution in [-0.4, -0.2) is 39.3 Å². The molecule has 1 aliphatic heterocycles. The second-order valence-electron chi connectivity index (χ2n) is 5.48. The minimum absolute atomic E-state index is 0.0241. The minimum Gasteiger partial charge on any atom is -0.397 e. The summed E-state index contributed by atoms with van der Waals surface area (Å²) in [6.07, 6.45) is -3.31. The molecule has 19 heavy (non-hydrogen) atoms. The summed E-state index contributed by atoms with van der Waals surface area (Å²) in [4.78, 5) is 3.82. The zero-order valence-electron chi connectivity index (χ0n) is 11.2. The summed E-state index contributed by atoms with van der Waals surface area (Å²) in [7, 11) is -0.949. The molecule has 0 aromatic carbocycles. The van der Waals surface area contributed by atoms with Gasteiger partial charge in [0.1, 0.15) is 12.9 Å². The van der Waals surface area contributed by atoms with E-state index in [9.17, 15) is 13.2 Å². The highest BCUT2D eigenvalue weighted by molar-refractivity contribution is 6.60. The van der Waals surface area contributed by atoms with Crippen molar-refractivity contribution in [1.29, 1.82) is 0 Å². The molecule has 0 amide bonds. The van der Waals surface area contributed by atoms with Gasteiger partial charge in [0.25, 0.3) is 0 Å². The molecule has 5 nitrogen and oxygen atoms in total. The highest BCUT2D eigenvalue weighted by atomic mass is 19.4. The fourth-order valence-corrected chi connectivity index (χ4v) is 1.70. The molecule has 0 saturated carbocycles. The Hall–Kier alpha value is -1.09. The number of rotatable bonds is 2. The van der Waals surface area contributed by atoms with Crippen molar-refractivity contribution in [2.45, 2.75) is 51.6 Å². The monoisotopic (exact) mass is 277 g/mol. The van der Waals surface area contributed by atoms with Crippen LogP contribution in [0.5, 0.6) is 0 Å². The van der Waals surface area contributed by atoms with E-state index in [0.717, 1.165) is 11.0 Å². The molecule has 1 aromatic rings. The molecule has 2 heterocycles. The molecule has 106 valence electrons. The molecular formula is C10H15BF3N3O2. The third kappa shape index (κ3) is 2.76. The minimum atomic E-state index is -4.37. The molecule has 0 spiro atoms. The fourth-order valence-electron chi connectivity index (χ4n) is 1.70. The lowest BCUT2D eigenvalue weighted by molar-refractivity contribution is -0.142. The zero-order valence-corrected chi connectivity index (χ0v) is 11.2. The van der Waals surface area contributed by atoms with Gasteiger partial charge in [-0.25, -0.2) is 9.67 Å². The van der Waals surface area contributed by atoms with Crippen molar-refractivity contribution in [3.63, 3.8) is 0 Å². The number of alkyl halides is 3. The number of halogens is 3. The SMILES string of the molecule is CC1(C)OB(c2ncnn2CC(F)(F)F)OC1(C)C. The largest absolute Gasteiger partial charge is 0.534 e. The normalized spacial score (nSPS) is 21.9. The van der Waals surface area contributed by atoms with Gasteiger partial charge in [0.05, 0.1) is 11.2 Å². The van der Waals surface area contributed by atoms with Crippen LogP contribution in [0.1, 0.15) is 27.7 Å². The van der Waals surface area contributed by atoms with Gasteiger partial charge in [-0.3, -0.25) is 0 Å². The summed E-state index contributed by atoms with van der Waals surface area (Å²) in [6.45, 7) is 6.05. The Morgan fingerprint density at radius 1 is 1.21 bits per heavy atom. The van der Waals surface area contributed by atoms with Crippen molar-refractivity contribution in [3.8, 4) is 0 Å². The molecule has 1 aliphatic rings. The molecule has 1 saturated heterocycles. The Labute approximate surface area is 109 Å². The predicted octanol–water partition coefficient (Wildman–Crippen LogP) is 1.14. The molecule has 0 aliphatic carbocycles. The molecule has 0 atom stereocenters. The first kappa shape index (κ1) is 14.3. The molecule has 1 fully saturated rings. The van der Waals surface area contributed by atoms with Crippen LogP contribution in [0.25, 0.3) is 0 Å². The van der Waals surface area contributed by atoms with Crippen LogP contribution in [0.4, 0.5) is 13.2 Å². The summed E-state index contributed by atoms with van der Waals surface area (Å²) in [5.41, 5.74) is -1.24. The Morgan fingerprint density at radius 2 is 1.74 bits per heavy atom. The Bertz CT molecular complexity index is 457. The van der Waals surface area contributed by atoms with Crippen LogP contribution in [0.3, 0.4) is 0 Å². The average molecular weight is 277 g/mol. The molecule has 0 bridgehead atoms. The third-order valence-electron chi connectivity index (χ3n) is 3.44. The van der Waals surface area contributed by atoms with E-state index in [2.05, 4.69) is 10.1 Å². The van der Waals surface area contributed by atoms with Crippen molar-refractivity contribution in [2.24, 2.45) is 0 Å². The molecule has 0 N–H and O–H groups in total. The standard InChI is InChI=1S/C10H15BF3N3O2/c1-8(2)9(3,4)19-11(18-8)7-15-6-16-17(7)5-10(12,13)14/h6H,5H2,1-4H3. The lowest BCUT2D eigenvalue weighted by Crippen LogP contribution is -2.43. The molecule has 0 radical (unpaired) electrons. The van der Waals surface area contributed by atoms with E-state index >= 15 is 0 Å². The number of nitrogens with zero attached hydrogens (tertiary/aromatic N) is 3. The van der Waals surface area contributed by atoms with E-state index in [1.807, 2.05) is 27.7 Å². The highest BCUT2D eigenvalue weighted by Crippen LogP contribution is 2.36. The topological polar surface area (TPSA) is 49.2 Å². The second kappa shape index (κ2) is 4.21. The molecular weight excluding hydrogens is 262 g/mol. The number of hydrogen-bond acceptors (Lipinski definition) is 4. The van der Waals surface area contributed by atoms with Crippen molar-refractivity contribution >= 4 is 12.8 Å². The van der Waals surface area contributed by atoms with Gasteiger partial charge in [-0.1, -0.05) is 0 Å². The van der Waals surface area contributed by atoms with Gasteiger partial charge in [-0.05, 0) is 27.7 Å². The predicted molar refractivity (Wildman–Crippen MR) is 61.8 cm³/mol. The van der Waals surface area contributed by atoms with Gasteiger partial charge in [-0.2, -0.15) is 18.3 Å². The van der Waals surface area contributed by atoms with Crippen LogP contribution < -0.4 is 5.72 Å². The Morgan fingerprint density at radius 3 is 2.21 bits per heavy atom. The van der Waals surface area contributed by atoms with Crippen LogP contribution in [0, 0.1) is 0 Å². The first-order valence-corrected chi connectivity index (χ1v) is 5.82. The first-order chi connectivity index (χ1) is 8.52. The Balaban J connectivity index is 2.24. The van der Waals surface area contributed by atoms with Crippen LogP contribution in [0.15, 0.2) is 6.33 Å². The molecule has 0 unspecified atom stereocenters. The second-order valence-corrected chi connectivity index (χ2v) is 5.48. The molecule has 2 rings (SSSR count). The molecule has 9 heteroatoms. The third-order valence-corrected chi connectivity index (χ3v) is 3.44.